The van der Waals surface area contributed by atoms with Crippen molar-refractivity contribution in [3.8, 4) is 17.1 Å². The third kappa shape index (κ3) is 5.22. The number of halogens is 3. The van der Waals surface area contributed by atoms with Crippen LogP contribution in [-0.4, -0.2) is 81.9 Å². The highest BCUT2D eigenvalue weighted by molar-refractivity contribution is 5.89. The molecule has 0 atom stereocenters. The van der Waals surface area contributed by atoms with Crippen molar-refractivity contribution >= 4 is 23.3 Å². The summed E-state index contributed by atoms with van der Waals surface area (Å²) in [7, 11) is 2.01. The number of aliphatic hydroxyl groups excluding tert-OH is 1. The van der Waals surface area contributed by atoms with Crippen LogP contribution in [-0.2, 0) is 19.4 Å². The number of piperazine rings is 1. The topological polar surface area (TPSA) is 132 Å². The molecule has 1 aliphatic carbocycles. The van der Waals surface area contributed by atoms with E-state index in [2.05, 4.69) is 34.9 Å². The summed E-state index contributed by atoms with van der Waals surface area (Å²) in [6.45, 7) is 2.79. The molecule has 3 aromatic rings. The van der Waals surface area contributed by atoms with Crippen LogP contribution in [0.25, 0.3) is 11.4 Å². The Kier molecular flexibility index (Phi) is 6.84. The quantitative estimate of drug-likeness (QED) is 0.457. The van der Waals surface area contributed by atoms with E-state index in [1.807, 2.05) is 7.05 Å². The van der Waals surface area contributed by atoms with Crippen LogP contribution in [0.1, 0.15) is 21.6 Å². The second kappa shape index (κ2) is 10.1. The van der Waals surface area contributed by atoms with E-state index in [0.717, 1.165) is 18.8 Å². The summed E-state index contributed by atoms with van der Waals surface area (Å²) in [5, 5.41) is 28.0. The molecule has 1 fully saturated rings. The Morgan fingerprint density at radius 2 is 1.97 bits per heavy atom. The lowest BCUT2D eigenvalue weighted by atomic mass is 9.93. The van der Waals surface area contributed by atoms with Crippen molar-refractivity contribution in [1.29, 1.82) is 0 Å². The number of alkyl halides is 3. The number of aromatic carboxylic acids is 1. The molecule has 2 N–H and O–H groups in total. The van der Waals surface area contributed by atoms with E-state index in [4.69, 9.17) is 0 Å². The van der Waals surface area contributed by atoms with E-state index in [-0.39, 0.29) is 30.5 Å². The van der Waals surface area contributed by atoms with Gasteiger partial charge in [0.15, 0.2) is 5.75 Å². The number of nitrogens with zero attached hydrogens (tertiary/aromatic N) is 6. The lowest BCUT2D eigenvalue weighted by Gasteiger charge is -2.34. The van der Waals surface area contributed by atoms with Crippen molar-refractivity contribution in [3.05, 3.63) is 41.2 Å². The normalized spacial score (nSPS) is 15.7. The first-order valence-corrected chi connectivity index (χ1v) is 12.0. The maximum absolute atomic E-state index is 13.2. The van der Waals surface area contributed by atoms with Crippen LogP contribution in [0.3, 0.4) is 0 Å². The maximum Gasteiger partial charge on any atom is 0.573 e. The van der Waals surface area contributed by atoms with Crippen LogP contribution in [0.5, 0.6) is 5.75 Å². The Balaban J connectivity index is 1.52. The van der Waals surface area contributed by atoms with Crippen molar-refractivity contribution in [2.75, 3.05) is 50.1 Å². The Hall–Kier alpha value is -3.91. The van der Waals surface area contributed by atoms with E-state index in [1.165, 1.54) is 16.9 Å². The van der Waals surface area contributed by atoms with Gasteiger partial charge in [-0.3, -0.25) is 4.68 Å². The molecule has 0 radical (unpaired) electrons. The number of fused-ring (bicyclic) bond motifs is 3. The van der Waals surface area contributed by atoms with Gasteiger partial charge >= 0.3 is 6.36 Å². The molecule has 3 heterocycles. The number of benzene rings is 1. The fourth-order valence-electron chi connectivity index (χ4n) is 4.75. The molecule has 202 valence electrons. The molecule has 1 aromatic carbocycles. The molecule has 0 unspecified atom stereocenters. The number of carboxylic acids is 1. The Morgan fingerprint density at radius 1 is 1.21 bits per heavy atom. The minimum atomic E-state index is -4.91. The molecule has 0 spiro atoms. The summed E-state index contributed by atoms with van der Waals surface area (Å²) in [4.78, 5) is 24.7. The van der Waals surface area contributed by atoms with Crippen molar-refractivity contribution < 1.29 is 32.9 Å². The highest BCUT2D eigenvalue weighted by Gasteiger charge is 2.33. The Morgan fingerprint density at radius 3 is 2.66 bits per heavy atom. The first kappa shape index (κ1) is 25.7. The number of nitrogens with one attached hydrogen (secondary N) is 1. The van der Waals surface area contributed by atoms with Crippen LogP contribution >= 0.6 is 0 Å². The van der Waals surface area contributed by atoms with Gasteiger partial charge in [-0.05, 0) is 43.7 Å². The number of aryl methyl sites for hydroxylation is 1. The van der Waals surface area contributed by atoms with E-state index in [1.54, 1.807) is 12.1 Å². The molecule has 14 heteroatoms. The Labute approximate surface area is 215 Å². The fourth-order valence-corrected chi connectivity index (χ4v) is 4.75. The lowest BCUT2D eigenvalue weighted by molar-refractivity contribution is -0.274. The molecular formula is C24H25F3N7O4-. The number of hydrogen-bond acceptors (Lipinski definition) is 10. The van der Waals surface area contributed by atoms with Gasteiger partial charge in [-0.15, -0.1) is 13.2 Å². The number of carbonyl (C=O) groups is 1. The van der Waals surface area contributed by atoms with Crippen molar-refractivity contribution in [2.24, 2.45) is 0 Å². The van der Waals surface area contributed by atoms with E-state index in [0.29, 0.717) is 48.4 Å². The standard InChI is InChI=1S/C24H26F3N7O4/c1-32-6-8-33(9-7-32)15-3-5-18(38-24(25,26)27)17(12-15)29-23-28-13-14-2-4-16-20(22(36)37)31-34(10-11-35)21(16)19(14)30-23/h3,5,12-13,35H,2,4,6-11H2,1H3,(H,36,37)(H,28,29,30)/p-1. The molecule has 2 aliphatic rings. The molecule has 38 heavy (non-hydrogen) atoms. The number of carbonyl (C=O) groups excluding carboxylic acids is 1. The molecule has 1 saturated heterocycles. The van der Waals surface area contributed by atoms with Gasteiger partial charge in [-0.2, -0.15) is 5.10 Å². The van der Waals surface area contributed by atoms with E-state index >= 15 is 0 Å². The predicted molar refractivity (Wildman–Crippen MR) is 128 cm³/mol. The average Bonchev–Trinajstić information content (AvgIpc) is 3.24. The van der Waals surface area contributed by atoms with Crippen LogP contribution in [0.2, 0.25) is 0 Å². The number of carboxylic acid groups (broad SMARTS) is 1. The number of rotatable bonds is 7. The Bertz CT molecular complexity index is 1350. The van der Waals surface area contributed by atoms with E-state index < -0.39 is 18.1 Å². The maximum atomic E-state index is 13.2. The van der Waals surface area contributed by atoms with E-state index in [9.17, 15) is 28.2 Å². The number of likely N-dealkylation sites (N-methyl/N-ethyl adjacent to an activating group) is 1. The molecule has 0 bridgehead atoms. The van der Waals surface area contributed by atoms with Crippen molar-refractivity contribution in [1.82, 2.24) is 24.6 Å². The molecule has 1 aliphatic heterocycles. The number of anilines is 3. The second-order valence-corrected chi connectivity index (χ2v) is 9.12. The first-order chi connectivity index (χ1) is 18.1. The summed E-state index contributed by atoms with van der Waals surface area (Å²) in [5.41, 5.74) is 2.43. The SMILES string of the molecule is CN1CCN(c2ccc(OC(F)(F)F)c(Nc3ncc4c(n3)-c3c(c(C(=O)[O-])nn3CCO)CC4)c2)CC1. The largest absolute Gasteiger partial charge is 0.573 e. The summed E-state index contributed by atoms with van der Waals surface area (Å²) < 4.78 is 45.1. The minimum absolute atomic E-state index is 0.00843. The number of ether oxygens (including phenoxy) is 1. The predicted octanol–water partition coefficient (Wildman–Crippen LogP) is 1.19. The van der Waals surface area contributed by atoms with Gasteiger partial charge in [0.1, 0.15) is 5.69 Å². The highest BCUT2D eigenvalue weighted by atomic mass is 19.4. The van der Waals surface area contributed by atoms with Gasteiger partial charge in [-0.25, -0.2) is 9.97 Å². The molecule has 5 rings (SSSR count). The number of aromatic nitrogens is 4. The average molecular weight is 533 g/mol. The monoisotopic (exact) mass is 532 g/mol. The zero-order chi connectivity index (χ0) is 27.0. The van der Waals surface area contributed by atoms with Gasteiger partial charge in [0.25, 0.3) is 0 Å². The molecule has 11 nitrogen and oxygen atoms in total. The minimum Gasteiger partial charge on any atom is -0.543 e. The van der Waals surface area contributed by atoms with Crippen molar-refractivity contribution in [2.45, 2.75) is 25.7 Å². The van der Waals surface area contributed by atoms with Crippen LogP contribution in [0, 0.1) is 0 Å². The third-order valence-electron chi connectivity index (χ3n) is 6.59. The third-order valence-corrected chi connectivity index (χ3v) is 6.59. The van der Waals surface area contributed by atoms with Gasteiger partial charge in [0.2, 0.25) is 5.95 Å². The van der Waals surface area contributed by atoms with Crippen LogP contribution in [0.15, 0.2) is 24.4 Å². The van der Waals surface area contributed by atoms with Crippen LogP contribution < -0.4 is 20.1 Å². The summed E-state index contributed by atoms with van der Waals surface area (Å²) in [5.74, 6) is -1.89. The van der Waals surface area contributed by atoms with Gasteiger partial charge in [-0.1, -0.05) is 0 Å². The fraction of sp³-hybridized carbons (Fsp3) is 0.417. The second-order valence-electron chi connectivity index (χ2n) is 9.12. The van der Waals surface area contributed by atoms with Crippen molar-refractivity contribution in [3.63, 3.8) is 0 Å². The first-order valence-electron chi connectivity index (χ1n) is 12.0. The lowest BCUT2D eigenvalue weighted by Crippen LogP contribution is -2.44. The molecule has 0 amide bonds. The summed E-state index contributed by atoms with van der Waals surface area (Å²) in [6.07, 6.45) is -2.56. The smallest absolute Gasteiger partial charge is 0.543 e. The van der Waals surface area contributed by atoms with Gasteiger partial charge in [0, 0.05) is 43.6 Å². The highest BCUT2D eigenvalue weighted by Crippen LogP contribution is 2.37. The molecule has 0 saturated carbocycles. The molecule has 2 aromatic heterocycles. The summed E-state index contributed by atoms with van der Waals surface area (Å²) in [6, 6.07) is 4.39. The summed E-state index contributed by atoms with van der Waals surface area (Å²) >= 11 is 0. The van der Waals surface area contributed by atoms with Crippen LogP contribution in [0.4, 0.5) is 30.5 Å². The number of hydrogen-bond donors (Lipinski definition) is 2. The zero-order valence-corrected chi connectivity index (χ0v) is 20.5. The number of aliphatic hydroxyl groups is 1. The molecular weight excluding hydrogens is 507 g/mol. The van der Waals surface area contributed by atoms with Gasteiger partial charge < -0.3 is 34.9 Å². The van der Waals surface area contributed by atoms with Gasteiger partial charge in [0.05, 0.1) is 36.2 Å². The zero-order valence-electron chi connectivity index (χ0n) is 20.5.